The Hall–Kier alpha value is -2.58. The molecule has 1 amide bonds. The molecule has 0 heterocycles. The Bertz CT molecular complexity index is 536. The van der Waals surface area contributed by atoms with E-state index in [0.717, 1.165) is 0 Å². The van der Waals surface area contributed by atoms with E-state index in [4.69, 9.17) is 10.2 Å². The van der Waals surface area contributed by atoms with Crippen LogP contribution in [0.15, 0.2) is 12.1 Å². The summed E-state index contributed by atoms with van der Waals surface area (Å²) in [6.07, 6.45) is 0. The van der Waals surface area contributed by atoms with Gasteiger partial charge >= 0.3 is 11.9 Å². The Balaban J connectivity index is 3.18. The van der Waals surface area contributed by atoms with Gasteiger partial charge in [0.2, 0.25) is 0 Å². The van der Waals surface area contributed by atoms with Crippen LogP contribution in [0.2, 0.25) is 0 Å². The summed E-state index contributed by atoms with van der Waals surface area (Å²) in [6.45, 7) is -2.14. The number of carbonyl (C=O) groups is 3. The molecule has 6 nitrogen and oxygen atoms in total. The lowest BCUT2D eigenvalue weighted by Crippen LogP contribution is -2.40. The minimum absolute atomic E-state index is 0.212. The van der Waals surface area contributed by atoms with Crippen molar-refractivity contribution >= 4 is 17.8 Å². The maximum atomic E-state index is 13.4. The average Bonchev–Trinajstić information content (AvgIpc) is 2.24. The van der Waals surface area contributed by atoms with Gasteiger partial charge in [-0.1, -0.05) is 0 Å². The first kappa shape index (κ1) is 15.5. The van der Waals surface area contributed by atoms with Gasteiger partial charge in [-0.2, -0.15) is 0 Å². The van der Waals surface area contributed by atoms with Crippen molar-refractivity contribution in [2.24, 2.45) is 0 Å². The number of halogens is 3. The van der Waals surface area contributed by atoms with Gasteiger partial charge in [-0.15, -0.1) is 0 Å². The fourth-order valence-corrected chi connectivity index (χ4v) is 1.43. The second kappa shape index (κ2) is 6.04. The number of aliphatic carboxylic acids is 2. The summed E-state index contributed by atoms with van der Waals surface area (Å²) in [7, 11) is 0. The average molecular weight is 291 g/mol. The molecule has 108 valence electrons. The van der Waals surface area contributed by atoms with Gasteiger partial charge in [0.05, 0.1) is 0 Å². The van der Waals surface area contributed by atoms with E-state index in [1.165, 1.54) is 0 Å². The summed E-state index contributed by atoms with van der Waals surface area (Å²) < 4.78 is 39.4. The summed E-state index contributed by atoms with van der Waals surface area (Å²) in [5.41, 5.74) is -1.21. The maximum absolute atomic E-state index is 13.4. The van der Waals surface area contributed by atoms with E-state index in [-0.39, 0.29) is 17.0 Å². The quantitative estimate of drug-likeness (QED) is 0.833. The van der Waals surface area contributed by atoms with E-state index < -0.39 is 54.0 Å². The van der Waals surface area contributed by atoms with E-state index in [1.807, 2.05) is 0 Å². The van der Waals surface area contributed by atoms with Crippen molar-refractivity contribution in [3.8, 4) is 0 Å². The van der Waals surface area contributed by atoms with E-state index in [0.29, 0.717) is 0 Å². The van der Waals surface area contributed by atoms with Crippen molar-refractivity contribution in [3.05, 3.63) is 35.1 Å². The largest absolute Gasteiger partial charge is 0.480 e. The number of nitrogens with zero attached hydrogens (tertiary/aromatic N) is 1. The zero-order valence-electron chi connectivity index (χ0n) is 9.77. The van der Waals surface area contributed by atoms with Gasteiger partial charge < -0.3 is 15.1 Å². The van der Waals surface area contributed by atoms with Crippen LogP contribution in [0.4, 0.5) is 13.2 Å². The first-order valence-corrected chi connectivity index (χ1v) is 5.09. The third-order valence-electron chi connectivity index (χ3n) is 2.16. The normalized spacial score (nSPS) is 10.2. The van der Waals surface area contributed by atoms with E-state index >= 15 is 0 Å². The number of hydrogen-bond donors (Lipinski definition) is 2. The van der Waals surface area contributed by atoms with Crippen molar-refractivity contribution < 1.29 is 37.8 Å². The smallest absolute Gasteiger partial charge is 0.323 e. The highest BCUT2D eigenvalue weighted by molar-refractivity contribution is 5.97. The van der Waals surface area contributed by atoms with Crippen LogP contribution in [0.1, 0.15) is 10.4 Å². The number of carboxylic acids is 2. The van der Waals surface area contributed by atoms with Gasteiger partial charge in [0.15, 0.2) is 0 Å². The van der Waals surface area contributed by atoms with Crippen LogP contribution >= 0.6 is 0 Å². The molecule has 0 atom stereocenters. The zero-order chi connectivity index (χ0) is 15.4. The first-order valence-electron chi connectivity index (χ1n) is 5.09. The van der Waals surface area contributed by atoms with Crippen molar-refractivity contribution in [1.29, 1.82) is 0 Å². The molecule has 0 aromatic heterocycles. The topological polar surface area (TPSA) is 94.9 Å². The fraction of sp³-hybridized carbons (Fsp3) is 0.182. The van der Waals surface area contributed by atoms with Crippen molar-refractivity contribution in [2.45, 2.75) is 0 Å². The third kappa shape index (κ3) is 3.70. The minimum atomic E-state index is -1.57. The summed E-state index contributed by atoms with van der Waals surface area (Å²) in [4.78, 5) is 33.0. The zero-order valence-corrected chi connectivity index (χ0v) is 9.77. The fourth-order valence-electron chi connectivity index (χ4n) is 1.43. The van der Waals surface area contributed by atoms with Gasteiger partial charge in [-0.3, -0.25) is 14.4 Å². The molecule has 0 saturated heterocycles. The van der Waals surface area contributed by atoms with Crippen LogP contribution in [-0.4, -0.2) is 46.0 Å². The lowest BCUT2D eigenvalue weighted by molar-refractivity contribution is -0.140. The number of carbonyl (C=O) groups excluding carboxylic acids is 1. The van der Waals surface area contributed by atoms with Gasteiger partial charge in [0, 0.05) is 12.1 Å². The van der Waals surface area contributed by atoms with Crippen LogP contribution in [0.25, 0.3) is 0 Å². The highest BCUT2D eigenvalue weighted by Crippen LogP contribution is 2.17. The lowest BCUT2D eigenvalue weighted by atomic mass is 10.1. The Kier molecular flexibility index (Phi) is 4.68. The Morgan fingerprint density at radius 1 is 0.950 bits per heavy atom. The maximum Gasteiger partial charge on any atom is 0.323 e. The molecule has 0 aliphatic carbocycles. The number of benzene rings is 1. The number of hydrogen-bond acceptors (Lipinski definition) is 3. The van der Waals surface area contributed by atoms with E-state index in [2.05, 4.69) is 0 Å². The second-order valence-corrected chi connectivity index (χ2v) is 3.69. The van der Waals surface area contributed by atoms with Gasteiger partial charge in [0.25, 0.3) is 5.91 Å². The van der Waals surface area contributed by atoms with Gasteiger partial charge in [-0.05, 0) is 0 Å². The SMILES string of the molecule is O=C(O)CN(CC(=O)O)C(=O)c1c(F)cc(F)cc1F. The molecule has 0 unspecified atom stereocenters. The van der Waals surface area contributed by atoms with Crippen LogP contribution in [0.5, 0.6) is 0 Å². The third-order valence-corrected chi connectivity index (χ3v) is 2.16. The number of carboxylic acid groups (broad SMARTS) is 2. The summed E-state index contributed by atoms with van der Waals surface area (Å²) >= 11 is 0. The Labute approximate surface area is 110 Å². The molecule has 2 N–H and O–H groups in total. The minimum Gasteiger partial charge on any atom is -0.480 e. The molecule has 20 heavy (non-hydrogen) atoms. The van der Waals surface area contributed by atoms with Crippen molar-refractivity contribution in [1.82, 2.24) is 4.90 Å². The highest BCUT2D eigenvalue weighted by Gasteiger charge is 2.27. The number of rotatable bonds is 5. The van der Waals surface area contributed by atoms with E-state index in [9.17, 15) is 27.6 Å². The predicted molar refractivity (Wildman–Crippen MR) is 57.5 cm³/mol. The lowest BCUT2D eigenvalue weighted by Gasteiger charge is -2.19. The molecule has 0 spiro atoms. The van der Waals surface area contributed by atoms with Crippen LogP contribution < -0.4 is 0 Å². The second-order valence-electron chi connectivity index (χ2n) is 3.69. The monoisotopic (exact) mass is 291 g/mol. The molecule has 0 radical (unpaired) electrons. The molecule has 9 heteroatoms. The van der Waals surface area contributed by atoms with Crippen molar-refractivity contribution in [2.75, 3.05) is 13.1 Å². The van der Waals surface area contributed by atoms with Gasteiger partial charge in [0.1, 0.15) is 36.1 Å². The van der Waals surface area contributed by atoms with Crippen LogP contribution in [0, 0.1) is 17.5 Å². The molecule has 0 saturated carbocycles. The number of amides is 1. The van der Waals surface area contributed by atoms with Gasteiger partial charge in [-0.25, -0.2) is 13.2 Å². The predicted octanol–water partition coefficient (Wildman–Crippen LogP) is 0.715. The molecular formula is C11H8F3NO5. The summed E-state index contributed by atoms with van der Waals surface area (Å²) in [5.74, 6) is -8.99. The molecule has 0 aliphatic rings. The van der Waals surface area contributed by atoms with Crippen molar-refractivity contribution in [3.63, 3.8) is 0 Å². The molecule has 1 rings (SSSR count). The molecule has 0 fully saturated rings. The standard InChI is InChI=1S/C11H8F3NO5/c12-5-1-6(13)10(7(14)2-5)11(20)15(3-8(16)17)4-9(18)19/h1-2H,3-4H2,(H,16,17)(H,18,19). The highest BCUT2D eigenvalue weighted by atomic mass is 19.1. The molecule has 1 aromatic rings. The summed E-state index contributed by atoms with van der Waals surface area (Å²) in [5, 5.41) is 17.1. The molecule has 0 bridgehead atoms. The Morgan fingerprint density at radius 2 is 1.35 bits per heavy atom. The molecule has 0 aliphatic heterocycles. The van der Waals surface area contributed by atoms with Crippen LogP contribution in [0.3, 0.4) is 0 Å². The van der Waals surface area contributed by atoms with Crippen LogP contribution in [-0.2, 0) is 9.59 Å². The molecule has 1 aromatic carbocycles. The Morgan fingerprint density at radius 3 is 1.70 bits per heavy atom. The molecular weight excluding hydrogens is 283 g/mol. The summed E-state index contributed by atoms with van der Waals surface area (Å²) in [6, 6.07) is 0.464. The van der Waals surface area contributed by atoms with E-state index in [1.54, 1.807) is 0 Å². The first-order chi connectivity index (χ1) is 9.22.